The van der Waals surface area contributed by atoms with Crippen LogP contribution in [0.1, 0.15) is 37.5 Å². The predicted octanol–water partition coefficient (Wildman–Crippen LogP) is 2.19. The molecule has 0 aliphatic rings. The minimum absolute atomic E-state index is 0.115. The van der Waals surface area contributed by atoms with Gasteiger partial charge in [-0.2, -0.15) is 0 Å². The Labute approximate surface area is 118 Å². The molecular weight excluding hydrogens is 252 g/mol. The van der Waals surface area contributed by atoms with Gasteiger partial charge in [0.25, 0.3) is 5.56 Å². The van der Waals surface area contributed by atoms with Crippen molar-refractivity contribution in [3.8, 4) is 0 Å². The molecule has 1 aromatic heterocycles. The van der Waals surface area contributed by atoms with E-state index in [2.05, 4.69) is 37.9 Å². The fraction of sp³-hybridized carbons (Fsp3) is 0.375. The second-order valence-corrected chi connectivity index (χ2v) is 6.15. The van der Waals surface area contributed by atoms with Crippen LogP contribution in [0.5, 0.6) is 0 Å². The van der Waals surface area contributed by atoms with E-state index in [4.69, 9.17) is 0 Å². The first kappa shape index (κ1) is 14.3. The first-order valence-electron chi connectivity index (χ1n) is 6.67. The average Bonchev–Trinajstić information content (AvgIpc) is 2.35. The number of H-pyrrole nitrogens is 1. The van der Waals surface area contributed by atoms with Gasteiger partial charge >= 0.3 is 5.69 Å². The summed E-state index contributed by atoms with van der Waals surface area (Å²) in [5.74, 6) is 0. The van der Waals surface area contributed by atoms with Crippen molar-refractivity contribution in [3.63, 3.8) is 0 Å². The van der Waals surface area contributed by atoms with Crippen molar-refractivity contribution in [1.29, 1.82) is 0 Å². The van der Waals surface area contributed by atoms with E-state index >= 15 is 0 Å². The minimum Gasteiger partial charge on any atom is -0.296 e. The number of nitrogens with one attached hydrogen (secondary N) is 1. The van der Waals surface area contributed by atoms with Crippen molar-refractivity contribution in [2.75, 3.05) is 0 Å². The van der Waals surface area contributed by atoms with Crippen LogP contribution < -0.4 is 11.2 Å². The third-order valence-corrected chi connectivity index (χ3v) is 3.36. The van der Waals surface area contributed by atoms with Crippen LogP contribution in [0.25, 0.3) is 0 Å². The van der Waals surface area contributed by atoms with Gasteiger partial charge in [0.05, 0.1) is 6.54 Å². The van der Waals surface area contributed by atoms with Gasteiger partial charge in [0, 0.05) is 11.8 Å². The summed E-state index contributed by atoms with van der Waals surface area (Å²) in [5, 5.41) is 0. The number of hydrogen-bond acceptors (Lipinski definition) is 2. The minimum atomic E-state index is -0.375. The van der Waals surface area contributed by atoms with Crippen molar-refractivity contribution < 1.29 is 0 Å². The first-order valence-corrected chi connectivity index (χ1v) is 6.67. The van der Waals surface area contributed by atoms with E-state index in [1.807, 2.05) is 12.1 Å². The Morgan fingerprint density at radius 2 is 1.70 bits per heavy atom. The second kappa shape index (κ2) is 5.12. The van der Waals surface area contributed by atoms with E-state index in [9.17, 15) is 9.59 Å². The van der Waals surface area contributed by atoms with Gasteiger partial charge in [-0.25, -0.2) is 4.79 Å². The number of rotatable bonds is 2. The highest BCUT2D eigenvalue weighted by Gasteiger charge is 2.12. The molecule has 4 nitrogen and oxygen atoms in total. The molecule has 1 N–H and O–H groups in total. The lowest BCUT2D eigenvalue weighted by Gasteiger charge is -2.19. The van der Waals surface area contributed by atoms with Gasteiger partial charge in [-0.3, -0.25) is 14.3 Å². The quantitative estimate of drug-likeness (QED) is 0.911. The number of aromatic nitrogens is 2. The Hall–Kier alpha value is -2.10. The molecule has 106 valence electrons. The SMILES string of the molecule is Cc1cn(Cc2ccc(C(C)(C)C)cc2)c(=O)[nH]c1=O. The highest BCUT2D eigenvalue weighted by atomic mass is 16.2. The third kappa shape index (κ3) is 3.07. The fourth-order valence-electron chi connectivity index (χ4n) is 2.04. The molecule has 0 unspecified atom stereocenters. The van der Waals surface area contributed by atoms with E-state index in [-0.39, 0.29) is 16.7 Å². The molecule has 0 fully saturated rings. The lowest BCUT2D eigenvalue weighted by atomic mass is 9.87. The summed E-state index contributed by atoms with van der Waals surface area (Å²) in [6.07, 6.45) is 1.60. The van der Waals surface area contributed by atoms with E-state index < -0.39 is 0 Å². The Bertz CT molecular complexity index is 716. The van der Waals surface area contributed by atoms with Gasteiger partial charge in [-0.15, -0.1) is 0 Å². The number of aryl methyl sites for hydroxylation is 1. The molecule has 1 aromatic carbocycles. The molecule has 20 heavy (non-hydrogen) atoms. The molecule has 0 amide bonds. The molecule has 0 saturated heterocycles. The summed E-state index contributed by atoms with van der Waals surface area (Å²) in [6.45, 7) is 8.64. The van der Waals surface area contributed by atoms with Crippen LogP contribution in [0.4, 0.5) is 0 Å². The van der Waals surface area contributed by atoms with E-state index in [1.165, 1.54) is 10.1 Å². The van der Waals surface area contributed by atoms with E-state index in [0.29, 0.717) is 12.1 Å². The fourth-order valence-corrected chi connectivity index (χ4v) is 2.04. The first-order chi connectivity index (χ1) is 9.27. The van der Waals surface area contributed by atoms with Crippen LogP contribution in [0.2, 0.25) is 0 Å². The second-order valence-electron chi connectivity index (χ2n) is 6.15. The smallest absolute Gasteiger partial charge is 0.296 e. The van der Waals surface area contributed by atoms with Gasteiger partial charge in [0.1, 0.15) is 0 Å². The van der Waals surface area contributed by atoms with Gasteiger partial charge < -0.3 is 0 Å². The van der Waals surface area contributed by atoms with Crippen LogP contribution in [0.3, 0.4) is 0 Å². The molecule has 0 atom stereocenters. The van der Waals surface area contributed by atoms with E-state index in [1.54, 1.807) is 13.1 Å². The molecule has 2 aromatic rings. The molecule has 0 aliphatic heterocycles. The topological polar surface area (TPSA) is 54.9 Å². The summed E-state index contributed by atoms with van der Waals surface area (Å²) in [7, 11) is 0. The van der Waals surface area contributed by atoms with Gasteiger partial charge in [0.2, 0.25) is 0 Å². The molecule has 0 spiro atoms. The number of benzene rings is 1. The summed E-state index contributed by atoms with van der Waals surface area (Å²) < 4.78 is 1.52. The molecule has 1 heterocycles. The van der Waals surface area contributed by atoms with Crippen molar-refractivity contribution in [1.82, 2.24) is 9.55 Å². The monoisotopic (exact) mass is 272 g/mol. The molecule has 4 heteroatoms. The predicted molar refractivity (Wildman–Crippen MR) is 80.3 cm³/mol. The van der Waals surface area contributed by atoms with Crippen LogP contribution in [0, 0.1) is 6.92 Å². The summed E-state index contributed by atoms with van der Waals surface area (Å²) in [4.78, 5) is 25.4. The van der Waals surface area contributed by atoms with Gasteiger partial charge in [-0.1, -0.05) is 45.0 Å². The maximum atomic E-state index is 11.7. The molecular formula is C16H20N2O2. The van der Waals surface area contributed by atoms with Crippen molar-refractivity contribution in [2.24, 2.45) is 0 Å². The Morgan fingerprint density at radius 1 is 1.10 bits per heavy atom. The summed E-state index contributed by atoms with van der Waals surface area (Å²) in [6, 6.07) is 8.21. The number of aromatic amines is 1. The maximum Gasteiger partial charge on any atom is 0.328 e. The van der Waals surface area contributed by atoms with Crippen molar-refractivity contribution in [2.45, 2.75) is 39.7 Å². The number of nitrogens with zero attached hydrogens (tertiary/aromatic N) is 1. The third-order valence-electron chi connectivity index (χ3n) is 3.36. The largest absolute Gasteiger partial charge is 0.328 e. The molecule has 0 radical (unpaired) electrons. The van der Waals surface area contributed by atoms with E-state index in [0.717, 1.165) is 5.56 Å². The van der Waals surface area contributed by atoms with Crippen LogP contribution in [0.15, 0.2) is 40.1 Å². The van der Waals surface area contributed by atoms with Crippen LogP contribution in [-0.2, 0) is 12.0 Å². The zero-order valence-electron chi connectivity index (χ0n) is 12.4. The van der Waals surface area contributed by atoms with Crippen molar-refractivity contribution in [3.05, 3.63) is 68.0 Å². The molecule has 0 bridgehead atoms. The Morgan fingerprint density at radius 3 is 2.25 bits per heavy atom. The Balaban J connectivity index is 2.29. The van der Waals surface area contributed by atoms with Crippen LogP contribution in [-0.4, -0.2) is 9.55 Å². The molecule has 0 saturated carbocycles. The highest BCUT2D eigenvalue weighted by Crippen LogP contribution is 2.22. The average molecular weight is 272 g/mol. The van der Waals surface area contributed by atoms with Crippen molar-refractivity contribution >= 4 is 0 Å². The lowest BCUT2D eigenvalue weighted by Crippen LogP contribution is -2.31. The highest BCUT2D eigenvalue weighted by molar-refractivity contribution is 5.27. The zero-order valence-corrected chi connectivity index (χ0v) is 12.4. The molecule has 0 aliphatic carbocycles. The zero-order chi connectivity index (χ0) is 14.9. The summed E-state index contributed by atoms with van der Waals surface area (Å²) in [5.41, 5.74) is 2.24. The van der Waals surface area contributed by atoms with Gasteiger partial charge in [-0.05, 0) is 23.5 Å². The normalized spacial score (nSPS) is 11.6. The maximum absolute atomic E-state index is 11.7. The summed E-state index contributed by atoms with van der Waals surface area (Å²) >= 11 is 0. The number of hydrogen-bond donors (Lipinski definition) is 1. The molecule has 2 rings (SSSR count). The standard InChI is InChI=1S/C16H20N2O2/c1-11-9-18(15(20)17-14(11)19)10-12-5-7-13(8-6-12)16(2,3)4/h5-9H,10H2,1-4H3,(H,17,19,20). The lowest BCUT2D eigenvalue weighted by molar-refractivity contribution is 0.589. The van der Waals surface area contributed by atoms with Crippen LogP contribution >= 0.6 is 0 Å². The van der Waals surface area contributed by atoms with Gasteiger partial charge in [0.15, 0.2) is 0 Å². The Kier molecular flexibility index (Phi) is 3.66.